The predicted octanol–water partition coefficient (Wildman–Crippen LogP) is 4.18. The average Bonchev–Trinajstić information content (AvgIpc) is 2.86. The first-order valence-corrected chi connectivity index (χ1v) is 7.19. The van der Waals surface area contributed by atoms with Crippen molar-refractivity contribution in [3.8, 4) is 11.5 Å². The summed E-state index contributed by atoms with van der Waals surface area (Å²) < 4.78 is 22.5. The number of benzene rings is 1. The largest absolute Gasteiger partial charge is 0.452 e. The van der Waals surface area contributed by atoms with Crippen molar-refractivity contribution in [1.29, 1.82) is 0 Å². The number of anilines is 1. The number of nitrogens with zero attached hydrogens (tertiary/aromatic N) is 1. The van der Waals surface area contributed by atoms with E-state index in [4.69, 9.17) is 4.74 Å². The van der Waals surface area contributed by atoms with Crippen molar-refractivity contribution in [2.24, 2.45) is 0 Å². The molecular formula is C14H12FN3OS. The molecule has 0 saturated carbocycles. The fourth-order valence-corrected chi connectivity index (χ4v) is 2.26. The summed E-state index contributed by atoms with van der Waals surface area (Å²) in [6.07, 6.45) is 5.26. The van der Waals surface area contributed by atoms with E-state index in [-0.39, 0.29) is 5.75 Å². The summed E-state index contributed by atoms with van der Waals surface area (Å²) in [6.45, 7) is 0. The topological polar surface area (TPSA) is 49.9 Å². The number of halogens is 1. The van der Waals surface area contributed by atoms with Crippen molar-refractivity contribution in [3.63, 3.8) is 0 Å². The van der Waals surface area contributed by atoms with Gasteiger partial charge in [0.25, 0.3) is 0 Å². The Hall–Kier alpha value is -2.21. The highest BCUT2D eigenvalue weighted by Gasteiger charge is 2.10. The molecule has 2 aromatic heterocycles. The zero-order valence-corrected chi connectivity index (χ0v) is 11.5. The molecule has 2 N–H and O–H groups in total. The molecular weight excluding hydrogens is 277 g/mol. The molecule has 102 valence electrons. The van der Waals surface area contributed by atoms with Crippen LogP contribution in [0.5, 0.6) is 11.5 Å². The Kier molecular flexibility index (Phi) is 3.47. The number of aromatic amines is 1. The zero-order valence-electron chi connectivity index (χ0n) is 10.7. The number of pyridine rings is 1. The van der Waals surface area contributed by atoms with E-state index in [0.717, 1.165) is 11.1 Å². The summed E-state index contributed by atoms with van der Waals surface area (Å²) in [5.74, 6) is 0.317. The molecule has 0 atom stereocenters. The van der Waals surface area contributed by atoms with E-state index in [0.29, 0.717) is 11.4 Å². The first kappa shape index (κ1) is 12.8. The van der Waals surface area contributed by atoms with E-state index in [1.54, 1.807) is 24.5 Å². The van der Waals surface area contributed by atoms with Gasteiger partial charge in [0.2, 0.25) is 0 Å². The standard InChI is InChI=1S/C14H12FN3OS/c1-20-18-9-4-5-11(15)12(7-9)19-13-8-17-14-10(13)3-2-6-16-14/h2-8,18H,1H3,(H,16,17). The molecule has 0 amide bonds. The molecule has 6 heteroatoms. The molecule has 0 aliphatic heterocycles. The van der Waals surface area contributed by atoms with Crippen LogP contribution in [0.4, 0.5) is 10.1 Å². The maximum absolute atomic E-state index is 13.8. The number of aromatic nitrogens is 2. The minimum atomic E-state index is -0.408. The lowest BCUT2D eigenvalue weighted by atomic mass is 10.3. The number of hydrogen-bond donors (Lipinski definition) is 2. The first-order valence-electron chi connectivity index (χ1n) is 5.96. The Morgan fingerprint density at radius 2 is 2.20 bits per heavy atom. The van der Waals surface area contributed by atoms with Crippen LogP contribution >= 0.6 is 11.9 Å². The second-order valence-electron chi connectivity index (χ2n) is 4.11. The summed E-state index contributed by atoms with van der Waals surface area (Å²) in [4.78, 5) is 7.16. The van der Waals surface area contributed by atoms with Gasteiger partial charge in [0.15, 0.2) is 17.3 Å². The number of rotatable bonds is 4. The fourth-order valence-electron chi connectivity index (χ4n) is 1.90. The summed E-state index contributed by atoms with van der Waals surface area (Å²) in [7, 11) is 0. The number of fused-ring (bicyclic) bond motifs is 1. The highest BCUT2D eigenvalue weighted by Crippen LogP contribution is 2.32. The highest BCUT2D eigenvalue weighted by atomic mass is 32.2. The van der Waals surface area contributed by atoms with Crippen LogP contribution < -0.4 is 9.46 Å². The van der Waals surface area contributed by atoms with Gasteiger partial charge in [-0.3, -0.25) is 0 Å². The van der Waals surface area contributed by atoms with E-state index in [1.807, 2.05) is 18.4 Å². The number of H-pyrrole nitrogens is 1. The Balaban J connectivity index is 1.96. The van der Waals surface area contributed by atoms with Crippen LogP contribution in [0.25, 0.3) is 11.0 Å². The molecule has 0 unspecified atom stereocenters. The molecule has 0 spiro atoms. The third-order valence-electron chi connectivity index (χ3n) is 2.78. The summed E-state index contributed by atoms with van der Waals surface area (Å²) in [5, 5.41) is 0.815. The Morgan fingerprint density at radius 1 is 1.30 bits per heavy atom. The summed E-state index contributed by atoms with van der Waals surface area (Å²) in [6, 6.07) is 8.35. The normalized spacial score (nSPS) is 10.7. The van der Waals surface area contributed by atoms with Crippen LogP contribution in [0.15, 0.2) is 42.7 Å². The number of ether oxygens (including phenoxy) is 1. The molecule has 3 aromatic rings. The van der Waals surface area contributed by atoms with Gasteiger partial charge in [0.05, 0.1) is 5.39 Å². The van der Waals surface area contributed by atoms with Gasteiger partial charge in [-0.2, -0.15) is 0 Å². The van der Waals surface area contributed by atoms with E-state index in [2.05, 4.69) is 14.7 Å². The van der Waals surface area contributed by atoms with Gasteiger partial charge in [-0.1, -0.05) is 11.9 Å². The minimum absolute atomic E-state index is 0.175. The maximum Gasteiger partial charge on any atom is 0.165 e. The van der Waals surface area contributed by atoms with Crippen molar-refractivity contribution in [2.75, 3.05) is 11.0 Å². The molecule has 1 aromatic carbocycles. The van der Waals surface area contributed by atoms with Gasteiger partial charge in [-0.15, -0.1) is 0 Å². The molecule has 0 radical (unpaired) electrons. The van der Waals surface area contributed by atoms with Gasteiger partial charge >= 0.3 is 0 Å². The van der Waals surface area contributed by atoms with Gasteiger partial charge < -0.3 is 14.4 Å². The second-order valence-corrected chi connectivity index (χ2v) is 4.72. The van der Waals surface area contributed by atoms with Gasteiger partial charge in [0.1, 0.15) is 5.65 Å². The lowest BCUT2D eigenvalue weighted by Gasteiger charge is -2.08. The van der Waals surface area contributed by atoms with Crippen molar-refractivity contribution in [1.82, 2.24) is 9.97 Å². The maximum atomic E-state index is 13.8. The highest BCUT2D eigenvalue weighted by molar-refractivity contribution is 7.99. The molecule has 2 heterocycles. The van der Waals surface area contributed by atoms with E-state index >= 15 is 0 Å². The minimum Gasteiger partial charge on any atom is -0.452 e. The zero-order chi connectivity index (χ0) is 13.9. The van der Waals surface area contributed by atoms with Gasteiger partial charge in [0, 0.05) is 30.4 Å². The molecule has 3 rings (SSSR count). The van der Waals surface area contributed by atoms with E-state index < -0.39 is 5.82 Å². The molecule has 20 heavy (non-hydrogen) atoms. The van der Waals surface area contributed by atoms with Crippen LogP contribution in [0.2, 0.25) is 0 Å². The Morgan fingerprint density at radius 3 is 3.05 bits per heavy atom. The predicted molar refractivity (Wildman–Crippen MR) is 79.7 cm³/mol. The second kappa shape index (κ2) is 5.42. The number of nitrogens with one attached hydrogen (secondary N) is 2. The monoisotopic (exact) mass is 289 g/mol. The number of hydrogen-bond acceptors (Lipinski definition) is 4. The van der Waals surface area contributed by atoms with Crippen molar-refractivity contribution >= 4 is 28.7 Å². The lowest BCUT2D eigenvalue weighted by Crippen LogP contribution is -1.91. The van der Waals surface area contributed by atoms with Gasteiger partial charge in [-0.05, 0) is 24.3 Å². The van der Waals surface area contributed by atoms with Crippen molar-refractivity contribution in [3.05, 3.63) is 48.5 Å². The van der Waals surface area contributed by atoms with E-state index in [9.17, 15) is 4.39 Å². The van der Waals surface area contributed by atoms with Crippen LogP contribution in [-0.4, -0.2) is 16.2 Å². The Labute approximate surface area is 119 Å². The molecule has 0 aliphatic carbocycles. The third kappa shape index (κ3) is 2.42. The molecule has 0 aliphatic rings. The smallest absolute Gasteiger partial charge is 0.165 e. The quantitative estimate of drug-likeness (QED) is 0.707. The Bertz CT molecular complexity index is 744. The van der Waals surface area contributed by atoms with Crippen LogP contribution in [0.3, 0.4) is 0 Å². The molecule has 4 nitrogen and oxygen atoms in total. The summed E-state index contributed by atoms with van der Waals surface area (Å²) >= 11 is 1.44. The molecule has 0 fully saturated rings. The van der Waals surface area contributed by atoms with E-state index in [1.165, 1.54) is 18.0 Å². The van der Waals surface area contributed by atoms with Crippen LogP contribution in [0.1, 0.15) is 0 Å². The summed E-state index contributed by atoms with van der Waals surface area (Å²) in [5.41, 5.74) is 1.49. The van der Waals surface area contributed by atoms with Gasteiger partial charge in [-0.25, -0.2) is 9.37 Å². The average molecular weight is 289 g/mol. The van der Waals surface area contributed by atoms with Crippen LogP contribution in [-0.2, 0) is 0 Å². The first-order chi connectivity index (χ1) is 9.78. The van der Waals surface area contributed by atoms with Crippen LogP contribution in [0, 0.1) is 5.82 Å². The molecule has 0 bridgehead atoms. The fraction of sp³-hybridized carbons (Fsp3) is 0.0714. The lowest BCUT2D eigenvalue weighted by molar-refractivity contribution is 0.447. The SMILES string of the molecule is CSNc1ccc(F)c(Oc2c[nH]c3ncccc23)c1. The molecule has 0 saturated heterocycles. The third-order valence-corrected chi connectivity index (χ3v) is 3.22. The van der Waals surface area contributed by atoms with Crippen molar-refractivity contribution in [2.45, 2.75) is 0 Å². The van der Waals surface area contributed by atoms with Crippen molar-refractivity contribution < 1.29 is 9.13 Å².